The first-order valence-electron chi connectivity index (χ1n) is 14.7. The van der Waals surface area contributed by atoms with Crippen molar-refractivity contribution < 1.29 is 0 Å². The summed E-state index contributed by atoms with van der Waals surface area (Å²) in [6.45, 7) is 17.9. The van der Waals surface area contributed by atoms with Crippen molar-refractivity contribution in [1.29, 1.82) is 0 Å². The third-order valence-electron chi connectivity index (χ3n) is 8.77. The molecule has 0 atom stereocenters. The van der Waals surface area contributed by atoms with Gasteiger partial charge in [-0.2, -0.15) is 0 Å². The first-order valence-corrected chi connectivity index (χ1v) is 14.7. The normalized spacial score (nSPS) is 11.9. The Kier molecular flexibility index (Phi) is 7.66. The number of hydrogen-bond donors (Lipinski definition) is 0. The minimum atomic E-state index is -0.0851. The first-order chi connectivity index (χ1) is 19.5. The maximum absolute atomic E-state index is 2.39. The Hall–Kier alpha value is -4.10. The van der Waals surface area contributed by atoms with Crippen LogP contribution >= 0.6 is 0 Å². The van der Waals surface area contributed by atoms with E-state index < -0.39 is 0 Å². The van der Waals surface area contributed by atoms with Gasteiger partial charge >= 0.3 is 0 Å². The minimum absolute atomic E-state index is 0.0851. The molecule has 0 aliphatic carbocycles. The Balaban J connectivity index is 1.55. The van der Waals surface area contributed by atoms with Crippen LogP contribution in [0.1, 0.15) is 72.2 Å². The maximum atomic E-state index is 2.39. The fraction of sp³-hybridized carbons (Fsp3) is 0.250. The van der Waals surface area contributed by atoms with Gasteiger partial charge in [-0.3, -0.25) is 0 Å². The van der Waals surface area contributed by atoms with Gasteiger partial charge in [-0.25, -0.2) is 0 Å². The second kappa shape index (κ2) is 11.1. The van der Waals surface area contributed by atoms with E-state index in [1.807, 2.05) is 0 Å². The van der Waals surface area contributed by atoms with Crippen LogP contribution in [0.3, 0.4) is 0 Å². The van der Waals surface area contributed by atoms with E-state index in [1.165, 1.54) is 50.2 Å². The molecule has 0 unspecified atom stereocenters. The Morgan fingerprint density at radius 2 is 0.829 bits per heavy atom. The summed E-state index contributed by atoms with van der Waals surface area (Å²) in [5.41, 5.74) is 13.8. The first kappa shape index (κ1) is 28.4. The number of hydrogen-bond acceptors (Lipinski definition) is 1. The highest BCUT2D eigenvalue weighted by Gasteiger charge is 2.26. The molecule has 0 heterocycles. The van der Waals surface area contributed by atoms with Gasteiger partial charge < -0.3 is 4.90 Å². The van der Waals surface area contributed by atoms with Crippen molar-refractivity contribution in [3.05, 3.63) is 160 Å². The molecule has 0 amide bonds. The zero-order valence-electron chi connectivity index (χ0n) is 25.9. The summed E-state index contributed by atoms with van der Waals surface area (Å²) >= 11 is 0. The van der Waals surface area contributed by atoms with E-state index >= 15 is 0 Å². The van der Waals surface area contributed by atoms with E-state index in [2.05, 4.69) is 176 Å². The lowest BCUT2D eigenvalue weighted by Gasteiger charge is -2.31. The van der Waals surface area contributed by atoms with E-state index in [1.54, 1.807) is 0 Å². The number of nitrogens with zero attached hydrogens (tertiary/aromatic N) is 1. The molecule has 0 saturated carbocycles. The van der Waals surface area contributed by atoms with Crippen LogP contribution in [0, 0.1) is 27.7 Å². The lowest BCUT2D eigenvalue weighted by atomic mass is 9.77. The summed E-state index contributed by atoms with van der Waals surface area (Å²) < 4.78 is 0. The third kappa shape index (κ3) is 5.72. The van der Waals surface area contributed by atoms with Gasteiger partial charge in [0.15, 0.2) is 0 Å². The van der Waals surface area contributed by atoms with Crippen molar-refractivity contribution in [3.63, 3.8) is 0 Å². The van der Waals surface area contributed by atoms with Crippen LogP contribution in [0.2, 0.25) is 0 Å². The van der Waals surface area contributed by atoms with Crippen molar-refractivity contribution in [2.45, 2.75) is 66.2 Å². The largest absolute Gasteiger partial charge is 0.310 e. The SMILES string of the molecule is Cc1cccc(C(C)(C)c2ccc(N(c3ccc(C(C)(C)c4cccc(C)c4)cc3)c3ccc(C)cc3C)cc2)c1. The molecule has 208 valence electrons. The van der Waals surface area contributed by atoms with Gasteiger partial charge in [-0.05, 0) is 85.8 Å². The average molecular weight is 538 g/mol. The predicted molar refractivity (Wildman–Crippen MR) is 177 cm³/mol. The summed E-state index contributed by atoms with van der Waals surface area (Å²) in [6.07, 6.45) is 0. The Morgan fingerprint density at radius 3 is 1.22 bits per heavy atom. The van der Waals surface area contributed by atoms with Crippen molar-refractivity contribution in [2.24, 2.45) is 0 Å². The van der Waals surface area contributed by atoms with E-state index in [0.717, 1.165) is 11.4 Å². The molecular weight excluding hydrogens is 494 g/mol. The molecule has 0 bridgehead atoms. The van der Waals surface area contributed by atoms with Crippen LogP contribution in [0.5, 0.6) is 0 Å². The molecule has 5 aromatic carbocycles. The summed E-state index contributed by atoms with van der Waals surface area (Å²) in [5, 5.41) is 0. The molecule has 0 aromatic heterocycles. The quantitative estimate of drug-likeness (QED) is 0.199. The predicted octanol–water partition coefficient (Wildman–Crippen LogP) is 11.0. The van der Waals surface area contributed by atoms with Gasteiger partial charge in [0.25, 0.3) is 0 Å². The summed E-state index contributed by atoms with van der Waals surface area (Å²) in [4.78, 5) is 2.39. The number of aryl methyl sites for hydroxylation is 4. The third-order valence-corrected chi connectivity index (χ3v) is 8.77. The molecule has 41 heavy (non-hydrogen) atoms. The smallest absolute Gasteiger partial charge is 0.0490 e. The van der Waals surface area contributed by atoms with Crippen molar-refractivity contribution >= 4 is 17.1 Å². The summed E-state index contributed by atoms with van der Waals surface area (Å²) in [7, 11) is 0. The van der Waals surface area contributed by atoms with Gasteiger partial charge in [0.1, 0.15) is 0 Å². The lowest BCUT2D eigenvalue weighted by Crippen LogP contribution is -2.20. The Labute approximate surface area is 247 Å². The molecule has 0 fully saturated rings. The summed E-state index contributed by atoms with van der Waals surface area (Å²) in [5.74, 6) is 0. The summed E-state index contributed by atoms with van der Waals surface area (Å²) in [6, 6.07) is 42.7. The molecular formula is C40H43N. The Morgan fingerprint density at radius 1 is 0.415 bits per heavy atom. The molecule has 1 nitrogen and oxygen atoms in total. The molecule has 5 rings (SSSR count). The van der Waals surface area contributed by atoms with Gasteiger partial charge in [0, 0.05) is 27.9 Å². The molecule has 1 heteroatoms. The van der Waals surface area contributed by atoms with E-state index in [4.69, 9.17) is 0 Å². The maximum Gasteiger partial charge on any atom is 0.0490 e. The van der Waals surface area contributed by atoms with Crippen LogP contribution in [-0.2, 0) is 10.8 Å². The molecule has 0 N–H and O–H groups in total. The minimum Gasteiger partial charge on any atom is -0.310 e. The van der Waals surface area contributed by atoms with Crippen LogP contribution in [0.15, 0.2) is 115 Å². The fourth-order valence-electron chi connectivity index (χ4n) is 5.94. The van der Waals surface area contributed by atoms with Crippen LogP contribution in [0.4, 0.5) is 17.1 Å². The van der Waals surface area contributed by atoms with Crippen molar-refractivity contribution in [1.82, 2.24) is 0 Å². The van der Waals surface area contributed by atoms with E-state index in [-0.39, 0.29) is 10.8 Å². The molecule has 0 radical (unpaired) electrons. The topological polar surface area (TPSA) is 3.24 Å². The fourth-order valence-corrected chi connectivity index (χ4v) is 5.94. The monoisotopic (exact) mass is 537 g/mol. The number of rotatable bonds is 7. The number of benzene rings is 5. The van der Waals surface area contributed by atoms with Gasteiger partial charge in [0.05, 0.1) is 0 Å². The van der Waals surface area contributed by atoms with Crippen LogP contribution < -0.4 is 4.90 Å². The highest BCUT2D eigenvalue weighted by Crippen LogP contribution is 2.40. The highest BCUT2D eigenvalue weighted by atomic mass is 15.1. The van der Waals surface area contributed by atoms with E-state index in [9.17, 15) is 0 Å². The molecule has 5 aromatic rings. The highest BCUT2D eigenvalue weighted by molar-refractivity contribution is 5.79. The zero-order valence-corrected chi connectivity index (χ0v) is 25.9. The van der Waals surface area contributed by atoms with E-state index in [0.29, 0.717) is 0 Å². The molecule has 0 aliphatic rings. The van der Waals surface area contributed by atoms with Gasteiger partial charge in [0.2, 0.25) is 0 Å². The molecule has 0 aliphatic heterocycles. The van der Waals surface area contributed by atoms with Crippen LogP contribution in [0.25, 0.3) is 0 Å². The lowest BCUT2D eigenvalue weighted by molar-refractivity contribution is 0.640. The second-order valence-electron chi connectivity index (χ2n) is 12.7. The van der Waals surface area contributed by atoms with Crippen molar-refractivity contribution in [2.75, 3.05) is 4.90 Å². The number of anilines is 3. The molecule has 0 saturated heterocycles. The second-order valence-corrected chi connectivity index (χ2v) is 12.7. The van der Waals surface area contributed by atoms with Gasteiger partial charge in [-0.1, -0.05) is 129 Å². The van der Waals surface area contributed by atoms with Gasteiger partial charge in [-0.15, -0.1) is 0 Å². The van der Waals surface area contributed by atoms with Crippen molar-refractivity contribution in [3.8, 4) is 0 Å². The molecule has 0 spiro atoms. The standard InChI is InChI=1S/C40H43N/c1-28-11-9-13-34(26-28)39(5,6)32-16-20-36(21-17-32)41(38-24-15-30(3)25-31(38)4)37-22-18-33(19-23-37)40(7,8)35-14-10-12-29(2)27-35/h9-27H,1-8H3. The average Bonchev–Trinajstić information content (AvgIpc) is 2.95. The van der Waals surface area contributed by atoms with Crippen LogP contribution in [-0.4, -0.2) is 0 Å². The zero-order chi connectivity index (χ0) is 29.4. The Bertz CT molecular complexity index is 1550.